The zero-order valence-electron chi connectivity index (χ0n) is 15.2. The third-order valence-corrected chi connectivity index (χ3v) is 5.11. The third kappa shape index (κ3) is 3.10. The van der Waals surface area contributed by atoms with Crippen molar-refractivity contribution in [1.29, 1.82) is 0 Å². The average molecular weight is 363 g/mol. The summed E-state index contributed by atoms with van der Waals surface area (Å²) < 4.78 is 3.62. The minimum atomic E-state index is 0.359. The highest BCUT2D eigenvalue weighted by Gasteiger charge is 2.25. The molecule has 9 heteroatoms. The Morgan fingerprint density at radius 3 is 2.81 bits per heavy atom. The number of nitrogens with zero attached hydrogens (tertiary/aromatic N) is 8. The summed E-state index contributed by atoms with van der Waals surface area (Å²) in [6.45, 7) is 4.96. The first-order valence-electron chi connectivity index (χ1n) is 9.22. The highest BCUT2D eigenvalue weighted by Crippen LogP contribution is 2.27. The van der Waals surface area contributed by atoms with E-state index in [-0.39, 0.29) is 0 Å². The van der Waals surface area contributed by atoms with Crippen molar-refractivity contribution < 1.29 is 0 Å². The van der Waals surface area contributed by atoms with Gasteiger partial charge in [-0.05, 0) is 57.1 Å². The first kappa shape index (κ1) is 16.1. The second-order valence-electron chi connectivity index (χ2n) is 7.06. The molecule has 1 aliphatic rings. The molecule has 1 saturated heterocycles. The number of likely N-dealkylation sites (tertiary alicyclic amines) is 1. The maximum absolute atomic E-state index is 4.71. The molecule has 0 aliphatic carbocycles. The van der Waals surface area contributed by atoms with Crippen LogP contribution in [-0.2, 0) is 6.54 Å². The number of hydrogen-bond donors (Lipinski definition) is 1. The number of aromatic amines is 1. The molecule has 4 aromatic heterocycles. The monoisotopic (exact) mass is 363 g/mol. The van der Waals surface area contributed by atoms with Crippen molar-refractivity contribution in [2.24, 2.45) is 0 Å². The van der Waals surface area contributed by atoms with E-state index in [1.807, 2.05) is 35.8 Å². The van der Waals surface area contributed by atoms with E-state index in [1.54, 1.807) is 10.9 Å². The SMILES string of the molecule is Cc1cc(CN2CCC(c3nnc4ccc(-n5cccn5)nn34)CC2)n[nH]1. The fourth-order valence-corrected chi connectivity index (χ4v) is 3.71. The van der Waals surface area contributed by atoms with Crippen LogP contribution in [0.1, 0.15) is 36.0 Å². The fraction of sp³-hybridized carbons (Fsp3) is 0.389. The van der Waals surface area contributed by atoms with Crippen molar-refractivity contribution in [1.82, 2.24) is 44.7 Å². The lowest BCUT2D eigenvalue weighted by atomic mass is 9.96. The van der Waals surface area contributed by atoms with Gasteiger partial charge in [-0.3, -0.25) is 10.00 Å². The van der Waals surface area contributed by atoms with Crippen LogP contribution in [0.25, 0.3) is 11.5 Å². The van der Waals surface area contributed by atoms with E-state index in [1.165, 1.54) is 0 Å². The van der Waals surface area contributed by atoms with Gasteiger partial charge in [0.15, 0.2) is 17.3 Å². The standard InChI is InChI=1S/C18H21N9/c1-13-11-15(21-20-13)12-25-9-5-14(6-10-25)18-23-22-16-3-4-17(24-27(16)18)26-8-2-7-19-26/h2-4,7-8,11,14H,5-6,9-10,12H2,1H3,(H,20,21). The summed E-state index contributed by atoms with van der Waals surface area (Å²) in [4.78, 5) is 2.44. The van der Waals surface area contributed by atoms with E-state index < -0.39 is 0 Å². The van der Waals surface area contributed by atoms with Crippen LogP contribution < -0.4 is 0 Å². The van der Waals surface area contributed by atoms with Crippen molar-refractivity contribution in [3.63, 3.8) is 0 Å². The van der Waals surface area contributed by atoms with Crippen LogP contribution in [0.15, 0.2) is 36.7 Å². The van der Waals surface area contributed by atoms with E-state index >= 15 is 0 Å². The smallest absolute Gasteiger partial charge is 0.178 e. The Balaban J connectivity index is 1.33. The van der Waals surface area contributed by atoms with Crippen LogP contribution in [0.3, 0.4) is 0 Å². The van der Waals surface area contributed by atoms with Gasteiger partial charge in [0.25, 0.3) is 0 Å². The zero-order chi connectivity index (χ0) is 18.2. The van der Waals surface area contributed by atoms with Crippen molar-refractivity contribution >= 4 is 5.65 Å². The highest BCUT2D eigenvalue weighted by molar-refractivity contribution is 5.39. The fourth-order valence-electron chi connectivity index (χ4n) is 3.71. The number of piperidine rings is 1. The van der Waals surface area contributed by atoms with Gasteiger partial charge in [-0.1, -0.05) is 0 Å². The van der Waals surface area contributed by atoms with Crippen LogP contribution in [0, 0.1) is 6.92 Å². The molecule has 9 nitrogen and oxygen atoms in total. The predicted molar refractivity (Wildman–Crippen MR) is 98.5 cm³/mol. The Labute approximate surface area is 156 Å². The largest absolute Gasteiger partial charge is 0.297 e. The van der Waals surface area contributed by atoms with Gasteiger partial charge < -0.3 is 0 Å². The molecular formula is C18H21N9. The lowest BCUT2D eigenvalue weighted by Crippen LogP contribution is -2.33. The van der Waals surface area contributed by atoms with Gasteiger partial charge in [0.05, 0.1) is 5.69 Å². The maximum atomic E-state index is 4.71. The van der Waals surface area contributed by atoms with Gasteiger partial charge in [-0.2, -0.15) is 14.7 Å². The quantitative estimate of drug-likeness (QED) is 0.593. The lowest BCUT2D eigenvalue weighted by molar-refractivity contribution is 0.199. The normalized spacial score (nSPS) is 16.3. The van der Waals surface area contributed by atoms with E-state index in [2.05, 4.69) is 36.5 Å². The van der Waals surface area contributed by atoms with Gasteiger partial charge in [0, 0.05) is 30.6 Å². The molecule has 0 radical (unpaired) electrons. The van der Waals surface area contributed by atoms with Crippen LogP contribution >= 0.6 is 0 Å². The highest BCUT2D eigenvalue weighted by atomic mass is 15.4. The molecule has 0 spiro atoms. The Morgan fingerprint density at radius 1 is 1.19 bits per heavy atom. The van der Waals surface area contributed by atoms with Crippen LogP contribution in [-0.4, -0.2) is 57.8 Å². The van der Waals surface area contributed by atoms with Crippen molar-refractivity contribution in [2.75, 3.05) is 13.1 Å². The van der Waals surface area contributed by atoms with Gasteiger partial charge >= 0.3 is 0 Å². The topological polar surface area (TPSA) is 92.8 Å². The molecule has 5 heterocycles. The maximum Gasteiger partial charge on any atom is 0.178 e. The number of aryl methyl sites for hydroxylation is 1. The first-order valence-corrected chi connectivity index (χ1v) is 9.22. The van der Waals surface area contributed by atoms with E-state index in [0.717, 1.165) is 61.2 Å². The van der Waals surface area contributed by atoms with Gasteiger partial charge in [-0.15, -0.1) is 15.3 Å². The molecule has 0 saturated carbocycles. The Morgan fingerprint density at radius 2 is 2.07 bits per heavy atom. The second-order valence-corrected chi connectivity index (χ2v) is 7.06. The van der Waals surface area contributed by atoms with Crippen molar-refractivity contribution in [3.05, 3.63) is 53.9 Å². The van der Waals surface area contributed by atoms with Gasteiger partial charge in [0.1, 0.15) is 0 Å². The number of nitrogens with one attached hydrogen (secondary N) is 1. The number of fused-ring (bicyclic) bond motifs is 1. The van der Waals surface area contributed by atoms with Crippen molar-refractivity contribution in [3.8, 4) is 5.82 Å². The summed E-state index contributed by atoms with van der Waals surface area (Å²) in [5.74, 6) is 2.06. The molecule has 4 aromatic rings. The Bertz CT molecular complexity index is 1040. The molecule has 1 fully saturated rings. The number of H-pyrrole nitrogens is 1. The Hall–Kier alpha value is -3.07. The molecule has 27 heavy (non-hydrogen) atoms. The lowest BCUT2D eigenvalue weighted by Gasteiger charge is -2.30. The van der Waals surface area contributed by atoms with Crippen molar-refractivity contribution in [2.45, 2.75) is 32.2 Å². The molecule has 0 amide bonds. The van der Waals surface area contributed by atoms with Crippen LogP contribution in [0.4, 0.5) is 0 Å². The Kier molecular flexibility index (Phi) is 3.93. The summed E-state index contributed by atoms with van der Waals surface area (Å²) in [6, 6.07) is 7.85. The summed E-state index contributed by atoms with van der Waals surface area (Å²) in [5.41, 5.74) is 2.98. The van der Waals surface area contributed by atoms with E-state index in [9.17, 15) is 0 Å². The molecule has 0 atom stereocenters. The summed E-state index contributed by atoms with van der Waals surface area (Å²) in [7, 11) is 0. The molecule has 0 unspecified atom stereocenters. The van der Waals surface area contributed by atoms with E-state index in [0.29, 0.717) is 5.92 Å². The third-order valence-electron chi connectivity index (χ3n) is 5.11. The second kappa shape index (κ2) is 6.58. The number of hydrogen-bond acceptors (Lipinski definition) is 6. The summed E-state index contributed by atoms with van der Waals surface area (Å²) in [6.07, 6.45) is 5.71. The summed E-state index contributed by atoms with van der Waals surface area (Å²) >= 11 is 0. The molecule has 0 bridgehead atoms. The van der Waals surface area contributed by atoms with Gasteiger partial charge in [0.2, 0.25) is 0 Å². The minimum Gasteiger partial charge on any atom is -0.297 e. The number of rotatable bonds is 4. The molecule has 138 valence electrons. The number of aromatic nitrogens is 8. The first-order chi connectivity index (χ1) is 13.3. The minimum absolute atomic E-state index is 0.359. The molecule has 1 aliphatic heterocycles. The van der Waals surface area contributed by atoms with Crippen LogP contribution in [0.5, 0.6) is 0 Å². The van der Waals surface area contributed by atoms with E-state index in [4.69, 9.17) is 5.10 Å². The molecular weight excluding hydrogens is 342 g/mol. The average Bonchev–Trinajstić information content (AvgIpc) is 3.43. The molecule has 5 rings (SSSR count). The summed E-state index contributed by atoms with van der Waals surface area (Å²) in [5, 5.41) is 25.1. The predicted octanol–water partition coefficient (Wildman–Crippen LogP) is 1.72. The zero-order valence-corrected chi connectivity index (χ0v) is 15.2. The molecule has 0 aromatic carbocycles. The van der Waals surface area contributed by atoms with Crippen LogP contribution in [0.2, 0.25) is 0 Å². The molecule has 1 N–H and O–H groups in total. The van der Waals surface area contributed by atoms with Gasteiger partial charge in [-0.25, -0.2) is 4.68 Å².